The molecule has 1 N–H and O–H groups in total. The minimum absolute atomic E-state index is 0.315. The average molecular weight is 462 g/mol. The molecule has 0 radical (unpaired) electrons. The maximum absolute atomic E-state index is 10.8. The fourth-order valence-corrected chi connectivity index (χ4v) is 5.68. The first-order chi connectivity index (χ1) is 16.1. The molecule has 3 aromatic carbocycles. The minimum Gasteiger partial charge on any atom is -0.482 e. The second kappa shape index (κ2) is 11.4. The number of likely N-dealkylation sites (tertiary alicyclic amines) is 1. The summed E-state index contributed by atoms with van der Waals surface area (Å²) in [5, 5.41) is 8.83. The van der Waals surface area contributed by atoms with Crippen molar-refractivity contribution < 1.29 is 14.6 Å². The van der Waals surface area contributed by atoms with Crippen LogP contribution in [0.5, 0.6) is 5.75 Å². The van der Waals surface area contributed by atoms with E-state index in [9.17, 15) is 4.79 Å². The molecule has 1 aliphatic rings. The second-order valence-corrected chi connectivity index (χ2v) is 9.65. The summed E-state index contributed by atoms with van der Waals surface area (Å²) in [5.41, 5.74) is 3.77. The lowest BCUT2D eigenvalue weighted by atomic mass is 9.87. The van der Waals surface area contributed by atoms with Crippen molar-refractivity contribution in [1.82, 2.24) is 4.90 Å². The molecule has 4 rings (SSSR count). The van der Waals surface area contributed by atoms with Gasteiger partial charge in [-0.05, 0) is 61.1 Å². The lowest BCUT2D eigenvalue weighted by Gasteiger charge is -2.43. The van der Waals surface area contributed by atoms with E-state index >= 15 is 0 Å². The van der Waals surface area contributed by atoms with Gasteiger partial charge in [0.1, 0.15) is 5.75 Å². The van der Waals surface area contributed by atoms with E-state index in [1.807, 2.05) is 30.8 Å². The Balaban J connectivity index is 1.46. The number of carbonyl (C=O) groups is 1. The zero-order valence-electron chi connectivity index (χ0n) is 19.0. The summed E-state index contributed by atoms with van der Waals surface area (Å²) >= 11 is 1.84. The van der Waals surface area contributed by atoms with Crippen molar-refractivity contribution in [2.24, 2.45) is 0 Å². The van der Waals surface area contributed by atoms with Crippen LogP contribution in [0.25, 0.3) is 0 Å². The Hall–Kier alpha value is -2.76. The highest BCUT2D eigenvalue weighted by Crippen LogP contribution is 2.41. The molecule has 2 unspecified atom stereocenters. The van der Waals surface area contributed by atoms with Crippen molar-refractivity contribution in [3.8, 4) is 5.75 Å². The van der Waals surface area contributed by atoms with Gasteiger partial charge in [0.05, 0.1) is 0 Å². The van der Waals surface area contributed by atoms with Gasteiger partial charge in [-0.1, -0.05) is 60.7 Å². The number of carboxylic acid groups (broad SMARTS) is 1. The van der Waals surface area contributed by atoms with Gasteiger partial charge < -0.3 is 9.84 Å². The summed E-state index contributed by atoms with van der Waals surface area (Å²) in [6.07, 6.45) is 3.61. The molecule has 0 saturated carbocycles. The molecule has 0 aliphatic carbocycles. The standard InChI is InChI=1S/C28H31NO3S/c1-21-19-24(15-16-27(21)32-20-28(30)31)33-18-17-29-25(22-9-4-2-5-10-22)13-8-14-26(29)23-11-6-3-7-12-23/h2-7,9-12,15-16,19,25-26H,8,13-14,17-18,20H2,1H3,(H,30,31). The molecule has 2 atom stereocenters. The van der Waals surface area contributed by atoms with E-state index in [4.69, 9.17) is 9.84 Å². The van der Waals surface area contributed by atoms with Crippen LogP contribution < -0.4 is 4.74 Å². The molecule has 1 heterocycles. The zero-order chi connectivity index (χ0) is 23.0. The van der Waals surface area contributed by atoms with E-state index in [1.54, 1.807) is 0 Å². The Morgan fingerprint density at radius 2 is 1.58 bits per heavy atom. The predicted molar refractivity (Wildman–Crippen MR) is 134 cm³/mol. The Morgan fingerprint density at radius 3 is 2.12 bits per heavy atom. The molecule has 4 nitrogen and oxygen atoms in total. The third-order valence-electron chi connectivity index (χ3n) is 6.24. The third kappa shape index (κ3) is 6.18. The SMILES string of the molecule is Cc1cc(SCCN2C(c3ccccc3)CCCC2c2ccccc2)ccc1OCC(=O)O. The molecule has 0 amide bonds. The van der Waals surface area contributed by atoms with Crippen LogP contribution in [-0.4, -0.2) is 34.9 Å². The molecule has 0 aromatic heterocycles. The first kappa shape index (κ1) is 23.4. The maximum Gasteiger partial charge on any atom is 0.341 e. The largest absolute Gasteiger partial charge is 0.482 e. The van der Waals surface area contributed by atoms with Crippen LogP contribution in [0.2, 0.25) is 0 Å². The number of ether oxygens (including phenoxy) is 1. The van der Waals surface area contributed by atoms with E-state index < -0.39 is 5.97 Å². The summed E-state index contributed by atoms with van der Waals surface area (Å²) in [7, 11) is 0. The van der Waals surface area contributed by atoms with Gasteiger partial charge in [-0.25, -0.2) is 4.79 Å². The highest BCUT2D eigenvalue weighted by atomic mass is 32.2. The van der Waals surface area contributed by atoms with Gasteiger partial charge in [-0.3, -0.25) is 4.90 Å². The van der Waals surface area contributed by atoms with E-state index in [2.05, 4.69) is 71.6 Å². The number of carboxylic acids is 1. The van der Waals surface area contributed by atoms with Crippen LogP contribution in [-0.2, 0) is 4.79 Å². The predicted octanol–water partition coefficient (Wildman–Crippen LogP) is 6.52. The van der Waals surface area contributed by atoms with Gasteiger partial charge in [0.15, 0.2) is 6.61 Å². The summed E-state index contributed by atoms with van der Waals surface area (Å²) < 4.78 is 5.36. The molecular weight excluding hydrogens is 430 g/mol. The fourth-order valence-electron chi connectivity index (χ4n) is 4.71. The van der Waals surface area contributed by atoms with Gasteiger partial charge in [0.2, 0.25) is 0 Å². The molecule has 3 aromatic rings. The van der Waals surface area contributed by atoms with Crippen molar-refractivity contribution in [2.75, 3.05) is 18.9 Å². The summed E-state index contributed by atoms with van der Waals surface area (Å²) in [4.78, 5) is 14.6. The Kier molecular flexibility index (Phi) is 8.08. The van der Waals surface area contributed by atoms with Crippen molar-refractivity contribution in [1.29, 1.82) is 0 Å². The van der Waals surface area contributed by atoms with Gasteiger partial charge >= 0.3 is 5.97 Å². The average Bonchev–Trinajstić information content (AvgIpc) is 2.84. The van der Waals surface area contributed by atoms with E-state index in [-0.39, 0.29) is 6.61 Å². The van der Waals surface area contributed by atoms with Crippen LogP contribution in [0, 0.1) is 6.92 Å². The normalized spacial score (nSPS) is 18.7. The van der Waals surface area contributed by atoms with Crippen molar-refractivity contribution >= 4 is 17.7 Å². The fraction of sp³-hybridized carbons (Fsp3) is 0.321. The molecule has 1 fully saturated rings. The van der Waals surface area contributed by atoms with Crippen molar-refractivity contribution in [3.63, 3.8) is 0 Å². The monoisotopic (exact) mass is 461 g/mol. The first-order valence-electron chi connectivity index (χ1n) is 11.6. The van der Waals surface area contributed by atoms with Crippen LogP contribution in [0.1, 0.15) is 48.0 Å². The van der Waals surface area contributed by atoms with Gasteiger partial charge in [0.25, 0.3) is 0 Å². The van der Waals surface area contributed by atoms with E-state index in [0.717, 1.165) is 17.9 Å². The van der Waals surface area contributed by atoms with Gasteiger partial charge in [0, 0.05) is 29.3 Å². The molecule has 0 spiro atoms. The lowest BCUT2D eigenvalue weighted by molar-refractivity contribution is -0.139. The molecule has 33 heavy (non-hydrogen) atoms. The molecular formula is C28H31NO3S. The highest BCUT2D eigenvalue weighted by Gasteiger charge is 2.32. The Morgan fingerprint density at radius 1 is 0.970 bits per heavy atom. The topological polar surface area (TPSA) is 49.8 Å². The Bertz CT molecular complexity index is 994. The minimum atomic E-state index is -0.963. The molecule has 5 heteroatoms. The summed E-state index contributed by atoms with van der Waals surface area (Å²) in [6.45, 7) is 2.65. The number of aliphatic carboxylic acids is 1. The molecule has 172 valence electrons. The first-order valence-corrected chi connectivity index (χ1v) is 12.5. The number of aryl methyl sites for hydroxylation is 1. The zero-order valence-corrected chi connectivity index (χ0v) is 19.8. The number of piperidine rings is 1. The number of hydrogen-bond acceptors (Lipinski definition) is 4. The van der Waals surface area contributed by atoms with Gasteiger partial charge in [-0.15, -0.1) is 11.8 Å². The van der Waals surface area contributed by atoms with Crippen LogP contribution in [0.3, 0.4) is 0 Å². The summed E-state index contributed by atoms with van der Waals surface area (Å²) in [6, 6.07) is 28.6. The lowest BCUT2D eigenvalue weighted by Crippen LogP contribution is -2.38. The highest BCUT2D eigenvalue weighted by molar-refractivity contribution is 7.99. The Labute approximate surface area is 200 Å². The van der Waals surface area contributed by atoms with Crippen molar-refractivity contribution in [2.45, 2.75) is 43.2 Å². The number of benzene rings is 3. The van der Waals surface area contributed by atoms with Gasteiger partial charge in [-0.2, -0.15) is 0 Å². The number of thioether (sulfide) groups is 1. The van der Waals surface area contributed by atoms with E-state index in [1.165, 1.54) is 35.3 Å². The van der Waals surface area contributed by atoms with Crippen LogP contribution in [0.4, 0.5) is 0 Å². The molecule has 1 aliphatic heterocycles. The molecule has 0 bridgehead atoms. The molecule has 1 saturated heterocycles. The maximum atomic E-state index is 10.8. The van der Waals surface area contributed by atoms with Crippen molar-refractivity contribution in [3.05, 3.63) is 95.6 Å². The number of hydrogen-bond donors (Lipinski definition) is 1. The van der Waals surface area contributed by atoms with Crippen LogP contribution in [0.15, 0.2) is 83.8 Å². The smallest absolute Gasteiger partial charge is 0.341 e. The van der Waals surface area contributed by atoms with Crippen LogP contribution >= 0.6 is 11.8 Å². The van der Waals surface area contributed by atoms with E-state index in [0.29, 0.717) is 17.8 Å². The number of rotatable bonds is 9. The second-order valence-electron chi connectivity index (χ2n) is 8.48. The summed E-state index contributed by atoms with van der Waals surface area (Å²) in [5.74, 6) is 0.655. The third-order valence-corrected chi connectivity index (χ3v) is 7.21. The number of nitrogens with zero attached hydrogens (tertiary/aromatic N) is 1. The quantitative estimate of drug-likeness (QED) is 0.368.